The lowest BCUT2D eigenvalue weighted by Gasteiger charge is -2.06. The third kappa shape index (κ3) is 5.70. The smallest absolute Gasteiger partial charge is 0.316 e. The van der Waals surface area contributed by atoms with E-state index in [0.717, 1.165) is 5.56 Å². The number of carbonyl (C=O) groups is 2. The first kappa shape index (κ1) is 19.7. The van der Waals surface area contributed by atoms with E-state index in [4.69, 9.17) is 22.1 Å². The van der Waals surface area contributed by atoms with E-state index in [-0.39, 0.29) is 12.5 Å². The Hall–Kier alpha value is -3.10. The highest BCUT2D eigenvalue weighted by molar-refractivity contribution is 7.09. The highest BCUT2D eigenvalue weighted by atomic mass is 35.5. The summed E-state index contributed by atoms with van der Waals surface area (Å²) in [5, 5.41) is 8.31. The zero-order valence-electron chi connectivity index (χ0n) is 14.6. The fraction of sp³-hybridized carbons (Fsp3) is 0.105. The molecule has 144 valence electrons. The molecule has 3 amide bonds. The molecular weight excluding hydrogens is 400 g/mol. The second-order valence-electron chi connectivity index (χ2n) is 5.74. The van der Waals surface area contributed by atoms with Crippen LogP contribution in [0.2, 0.25) is 5.02 Å². The Bertz CT molecular complexity index is 958. The number of ether oxygens (including phenoxy) is 1. The monoisotopic (exact) mass is 416 g/mol. The van der Waals surface area contributed by atoms with Crippen LogP contribution in [-0.4, -0.2) is 16.9 Å². The Labute approximate surface area is 170 Å². The molecule has 0 radical (unpaired) electrons. The van der Waals surface area contributed by atoms with Gasteiger partial charge in [0.05, 0.1) is 0 Å². The molecule has 28 heavy (non-hydrogen) atoms. The van der Waals surface area contributed by atoms with Gasteiger partial charge in [0.25, 0.3) is 5.91 Å². The molecule has 0 aliphatic rings. The summed E-state index contributed by atoms with van der Waals surface area (Å²) in [6.07, 6.45) is 0. The molecule has 4 N–H and O–H groups in total. The molecule has 2 aromatic carbocycles. The van der Waals surface area contributed by atoms with Gasteiger partial charge in [-0.2, -0.15) is 0 Å². The number of nitrogens with zero attached hydrogens (tertiary/aromatic N) is 1. The standard InChI is InChI=1S/C19H17ClN4O3S/c20-13-3-7-15(8-4-13)27-10-17-24-16(11-28-17)18(25)22-9-12-1-5-14(6-2-12)23-19(21)26/h1-8,11H,9-10H2,(H,22,25)(H3,21,23,26). The van der Waals surface area contributed by atoms with Crippen molar-refractivity contribution in [3.05, 3.63) is 75.2 Å². The molecule has 1 heterocycles. The first-order valence-electron chi connectivity index (χ1n) is 8.26. The fourth-order valence-corrected chi connectivity index (χ4v) is 3.09. The van der Waals surface area contributed by atoms with Gasteiger partial charge in [0.2, 0.25) is 0 Å². The van der Waals surface area contributed by atoms with E-state index in [9.17, 15) is 9.59 Å². The average molecular weight is 417 g/mol. The summed E-state index contributed by atoms with van der Waals surface area (Å²) >= 11 is 7.19. The average Bonchev–Trinajstić information content (AvgIpc) is 3.15. The zero-order chi connectivity index (χ0) is 19.9. The molecule has 0 spiro atoms. The lowest BCUT2D eigenvalue weighted by Crippen LogP contribution is -2.23. The molecule has 9 heteroatoms. The number of benzene rings is 2. The van der Waals surface area contributed by atoms with Crippen LogP contribution < -0.4 is 21.1 Å². The minimum Gasteiger partial charge on any atom is -0.486 e. The normalized spacial score (nSPS) is 10.3. The van der Waals surface area contributed by atoms with Crippen molar-refractivity contribution in [3.8, 4) is 5.75 Å². The van der Waals surface area contributed by atoms with Gasteiger partial charge < -0.3 is 21.1 Å². The van der Waals surface area contributed by atoms with Gasteiger partial charge in [-0.25, -0.2) is 9.78 Å². The quantitative estimate of drug-likeness (QED) is 0.544. The van der Waals surface area contributed by atoms with Gasteiger partial charge >= 0.3 is 6.03 Å². The highest BCUT2D eigenvalue weighted by Crippen LogP contribution is 2.18. The number of aromatic nitrogens is 1. The Morgan fingerprint density at radius 2 is 1.82 bits per heavy atom. The van der Waals surface area contributed by atoms with Crippen molar-refractivity contribution in [1.29, 1.82) is 0 Å². The highest BCUT2D eigenvalue weighted by Gasteiger charge is 2.11. The van der Waals surface area contributed by atoms with Gasteiger partial charge in [0.1, 0.15) is 23.1 Å². The van der Waals surface area contributed by atoms with Crippen LogP contribution in [0.5, 0.6) is 5.75 Å². The number of primary amides is 1. The lowest BCUT2D eigenvalue weighted by atomic mass is 10.2. The molecule has 0 aliphatic heterocycles. The second kappa shape index (κ2) is 9.20. The van der Waals surface area contributed by atoms with E-state index in [2.05, 4.69) is 15.6 Å². The Morgan fingerprint density at radius 1 is 1.11 bits per heavy atom. The molecule has 3 rings (SSSR count). The van der Waals surface area contributed by atoms with E-state index >= 15 is 0 Å². The Morgan fingerprint density at radius 3 is 2.50 bits per heavy atom. The van der Waals surface area contributed by atoms with Crippen LogP contribution in [0.3, 0.4) is 0 Å². The van der Waals surface area contributed by atoms with Crippen LogP contribution in [0, 0.1) is 0 Å². The van der Waals surface area contributed by atoms with Gasteiger partial charge in [0, 0.05) is 22.6 Å². The summed E-state index contributed by atoms with van der Waals surface area (Å²) in [5.74, 6) is 0.410. The molecule has 1 aromatic heterocycles. The summed E-state index contributed by atoms with van der Waals surface area (Å²) < 4.78 is 5.63. The number of hydrogen-bond acceptors (Lipinski definition) is 5. The third-order valence-corrected chi connectivity index (χ3v) is 4.71. The van der Waals surface area contributed by atoms with Crippen molar-refractivity contribution in [2.45, 2.75) is 13.2 Å². The van der Waals surface area contributed by atoms with Gasteiger partial charge in [-0.1, -0.05) is 23.7 Å². The van der Waals surface area contributed by atoms with Gasteiger partial charge in [-0.15, -0.1) is 11.3 Å². The molecule has 3 aromatic rings. The maximum Gasteiger partial charge on any atom is 0.316 e. The van der Waals surface area contributed by atoms with Crippen molar-refractivity contribution in [3.63, 3.8) is 0 Å². The Balaban J connectivity index is 1.49. The van der Waals surface area contributed by atoms with E-state index in [1.165, 1.54) is 11.3 Å². The minimum absolute atomic E-state index is 0.270. The number of thiazole rings is 1. The van der Waals surface area contributed by atoms with E-state index in [1.807, 2.05) is 0 Å². The Kier molecular flexibility index (Phi) is 6.46. The zero-order valence-corrected chi connectivity index (χ0v) is 16.2. The van der Waals surface area contributed by atoms with Crippen molar-refractivity contribution in [1.82, 2.24) is 10.3 Å². The van der Waals surface area contributed by atoms with Crippen molar-refractivity contribution in [2.75, 3.05) is 5.32 Å². The summed E-state index contributed by atoms with van der Waals surface area (Å²) in [7, 11) is 0. The summed E-state index contributed by atoms with van der Waals surface area (Å²) in [4.78, 5) is 27.4. The topological polar surface area (TPSA) is 106 Å². The van der Waals surface area contributed by atoms with Gasteiger partial charge in [-0.05, 0) is 42.0 Å². The van der Waals surface area contributed by atoms with Gasteiger partial charge in [0.15, 0.2) is 0 Å². The number of anilines is 1. The molecule has 0 atom stereocenters. The molecular formula is C19H17ClN4O3S. The van der Waals surface area contributed by atoms with Crippen LogP contribution in [0.25, 0.3) is 0 Å². The number of hydrogen-bond donors (Lipinski definition) is 3. The molecule has 0 aliphatic carbocycles. The number of amides is 3. The number of urea groups is 1. The molecule has 0 bridgehead atoms. The van der Waals surface area contributed by atoms with Crippen molar-refractivity contribution >= 4 is 40.6 Å². The fourth-order valence-electron chi connectivity index (χ4n) is 2.28. The predicted octanol–water partition coefficient (Wildman–Crippen LogP) is 3.80. The molecule has 0 saturated carbocycles. The van der Waals surface area contributed by atoms with Crippen molar-refractivity contribution < 1.29 is 14.3 Å². The summed E-state index contributed by atoms with van der Waals surface area (Å²) in [6.45, 7) is 0.609. The third-order valence-electron chi connectivity index (χ3n) is 3.63. The SMILES string of the molecule is NC(=O)Nc1ccc(CNC(=O)c2csc(COc3ccc(Cl)cc3)n2)cc1. The first-order chi connectivity index (χ1) is 13.5. The molecule has 0 saturated heterocycles. The van der Waals surface area contributed by atoms with E-state index in [1.54, 1.807) is 53.9 Å². The van der Waals surface area contributed by atoms with Crippen LogP contribution in [0.15, 0.2) is 53.9 Å². The lowest BCUT2D eigenvalue weighted by molar-refractivity contribution is 0.0946. The minimum atomic E-state index is -0.625. The van der Waals surface area contributed by atoms with Gasteiger partial charge in [-0.3, -0.25) is 4.79 Å². The number of halogens is 1. The summed E-state index contributed by atoms with van der Waals surface area (Å²) in [5.41, 5.74) is 6.87. The van der Waals surface area contributed by atoms with Crippen LogP contribution in [0.4, 0.5) is 10.5 Å². The first-order valence-corrected chi connectivity index (χ1v) is 9.52. The van der Waals surface area contributed by atoms with Crippen LogP contribution >= 0.6 is 22.9 Å². The maximum absolute atomic E-state index is 12.3. The van der Waals surface area contributed by atoms with Crippen LogP contribution in [-0.2, 0) is 13.2 Å². The van der Waals surface area contributed by atoms with Crippen LogP contribution in [0.1, 0.15) is 21.1 Å². The summed E-state index contributed by atoms with van der Waals surface area (Å²) in [6, 6.07) is 13.4. The van der Waals surface area contributed by atoms with E-state index in [0.29, 0.717) is 33.7 Å². The maximum atomic E-state index is 12.3. The second-order valence-corrected chi connectivity index (χ2v) is 7.12. The molecule has 0 fully saturated rings. The van der Waals surface area contributed by atoms with Crippen molar-refractivity contribution in [2.24, 2.45) is 5.73 Å². The number of carbonyl (C=O) groups excluding carboxylic acids is 2. The predicted molar refractivity (Wildman–Crippen MR) is 109 cm³/mol. The molecule has 0 unspecified atom stereocenters. The number of rotatable bonds is 7. The number of nitrogens with two attached hydrogens (primary N) is 1. The van der Waals surface area contributed by atoms with E-state index < -0.39 is 6.03 Å². The largest absolute Gasteiger partial charge is 0.486 e. The molecule has 7 nitrogen and oxygen atoms in total. The number of nitrogens with one attached hydrogen (secondary N) is 2.